The number of halogens is 1. The lowest BCUT2D eigenvalue weighted by molar-refractivity contribution is 0.820. The third kappa shape index (κ3) is 2.12. The van der Waals surface area contributed by atoms with Gasteiger partial charge in [-0.3, -0.25) is 0 Å². The first-order valence-corrected chi connectivity index (χ1v) is 6.30. The first kappa shape index (κ1) is 11.3. The Labute approximate surface area is 111 Å². The molecule has 0 spiro atoms. The summed E-state index contributed by atoms with van der Waals surface area (Å²) in [5.74, 6) is 0. The minimum atomic E-state index is -0.344. The van der Waals surface area contributed by atoms with Crippen molar-refractivity contribution in [2.75, 3.05) is 0 Å². The molecule has 3 rings (SSSR count). The van der Waals surface area contributed by atoms with Gasteiger partial charge in [0.15, 0.2) is 5.65 Å². The van der Waals surface area contributed by atoms with Crippen molar-refractivity contribution in [3.63, 3.8) is 0 Å². The highest BCUT2D eigenvalue weighted by Crippen LogP contribution is 2.26. The fourth-order valence-corrected chi connectivity index (χ4v) is 2.36. The van der Waals surface area contributed by atoms with E-state index in [4.69, 9.17) is 11.6 Å². The van der Waals surface area contributed by atoms with Crippen LogP contribution in [0.5, 0.6) is 0 Å². The minimum absolute atomic E-state index is 0.344. The Balaban J connectivity index is 1.97. The largest absolute Gasteiger partial charge is 0.364 e. The molecule has 18 heavy (non-hydrogen) atoms. The monoisotopic (exact) mass is 278 g/mol. The van der Waals surface area contributed by atoms with Crippen molar-refractivity contribution in [2.45, 2.75) is 9.92 Å². The molecule has 5 nitrogen and oxygen atoms in total. The molecule has 0 atom stereocenters. The first-order chi connectivity index (χ1) is 8.72. The summed E-state index contributed by atoms with van der Waals surface area (Å²) in [6.07, 6.45) is 0. The summed E-state index contributed by atoms with van der Waals surface area (Å²) in [5, 5.41) is 11.8. The Morgan fingerprint density at radius 2 is 1.94 bits per heavy atom. The number of benzene rings is 1. The highest BCUT2D eigenvalue weighted by Gasteiger charge is 2.04. The lowest BCUT2D eigenvalue weighted by Gasteiger charge is -2.00. The molecule has 2 aromatic heterocycles. The molecule has 1 N–H and O–H groups in total. The number of aromatic amines is 1. The quantitative estimate of drug-likeness (QED) is 0.781. The van der Waals surface area contributed by atoms with Crippen LogP contribution >= 0.6 is 23.4 Å². The van der Waals surface area contributed by atoms with Crippen LogP contribution in [0.25, 0.3) is 5.65 Å². The molecule has 0 aliphatic heterocycles. The maximum absolute atomic E-state index is 11.4. The Hall–Kier alpha value is -1.79. The summed E-state index contributed by atoms with van der Waals surface area (Å²) >= 11 is 7.27. The average Bonchev–Trinajstić information content (AvgIpc) is 2.74. The van der Waals surface area contributed by atoms with Crippen molar-refractivity contribution < 1.29 is 0 Å². The van der Waals surface area contributed by atoms with Gasteiger partial charge in [-0.1, -0.05) is 23.4 Å². The van der Waals surface area contributed by atoms with Crippen molar-refractivity contribution >= 4 is 29.0 Å². The van der Waals surface area contributed by atoms with Gasteiger partial charge in [0.25, 0.3) is 0 Å². The van der Waals surface area contributed by atoms with Gasteiger partial charge in [-0.2, -0.15) is 14.7 Å². The van der Waals surface area contributed by atoms with Crippen LogP contribution in [0.3, 0.4) is 0 Å². The van der Waals surface area contributed by atoms with Crippen LogP contribution in [0, 0.1) is 0 Å². The molecular formula is C11H7ClN4OS. The maximum atomic E-state index is 11.4. The van der Waals surface area contributed by atoms with E-state index in [0.29, 0.717) is 15.7 Å². The molecule has 3 aromatic rings. The fraction of sp³-hybridized carbons (Fsp3) is 0. The van der Waals surface area contributed by atoms with Crippen LogP contribution in [0.15, 0.2) is 51.1 Å². The Morgan fingerprint density at radius 1 is 1.17 bits per heavy atom. The lowest BCUT2D eigenvalue weighted by atomic mass is 10.4. The summed E-state index contributed by atoms with van der Waals surface area (Å²) in [4.78, 5) is 12.4. The molecule has 0 saturated carbocycles. The van der Waals surface area contributed by atoms with Crippen molar-refractivity contribution in [1.29, 1.82) is 0 Å². The van der Waals surface area contributed by atoms with Gasteiger partial charge in [0.1, 0.15) is 5.03 Å². The molecule has 7 heteroatoms. The number of rotatable bonds is 2. The number of fused-ring (bicyclic) bond motifs is 1. The van der Waals surface area contributed by atoms with Gasteiger partial charge in [-0.15, -0.1) is 0 Å². The van der Waals surface area contributed by atoms with Crippen molar-refractivity contribution in [3.8, 4) is 0 Å². The summed E-state index contributed by atoms with van der Waals surface area (Å²) in [6, 6.07) is 11.0. The van der Waals surface area contributed by atoms with E-state index in [-0.39, 0.29) is 5.69 Å². The van der Waals surface area contributed by atoms with E-state index in [1.807, 2.05) is 30.3 Å². The van der Waals surface area contributed by atoms with Gasteiger partial charge in [-0.05, 0) is 36.4 Å². The van der Waals surface area contributed by atoms with Gasteiger partial charge in [0, 0.05) is 9.92 Å². The van der Waals surface area contributed by atoms with E-state index in [1.54, 1.807) is 6.07 Å². The molecule has 0 amide bonds. The zero-order valence-corrected chi connectivity index (χ0v) is 10.6. The third-order valence-corrected chi connectivity index (χ3v) is 3.47. The molecule has 0 aliphatic carbocycles. The average molecular weight is 279 g/mol. The van der Waals surface area contributed by atoms with Crippen molar-refractivity contribution in [1.82, 2.24) is 19.8 Å². The molecule has 1 aromatic carbocycles. The van der Waals surface area contributed by atoms with Gasteiger partial charge in [0.2, 0.25) is 0 Å². The Morgan fingerprint density at radius 3 is 2.72 bits per heavy atom. The van der Waals surface area contributed by atoms with E-state index in [0.717, 1.165) is 4.90 Å². The number of hydrogen-bond donors (Lipinski definition) is 1. The summed E-state index contributed by atoms with van der Waals surface area (Å²) in [6.45, 7) is 0. The predicted molar refractivity (Wildman–Crippen MR) is 69.2 cm³/mol. The molecule has 0 unspecified atom stereocenters. The first-order valence-electron chi connectivity index (χ1n) is 5.10. The van der Waals surface area contributed by atoms with Crippen molar-refractivity contribution in [3.05, 3.63) is 51.9 Å². The molecule has 0 aliphatic rings. The molecular weight excluding hydrogens is 272 g/mol. The summed E-state index contributed by atoms with van der Waals surface area (Å²) in [7, 11) is 0. The number of hydrogen-bond acceptors (Lipinski definition) is 4. The molecule has 2 heterocycles. The van der Waals surface area contributed by atoms with Crippen LogP contribution in [0.1, 0.15) is 0 Å². The van der Waals surface area contributed by atoms with Crippen molar-refractivity contribution in [2.24, 2.45) is 0 Å². The number of aromatic nitrogens is 4. The van der Waals surface area contributed by atoms with E-state index in [1.165, 1.54) is 16.3 Å². The topological polar surface area (TPSA) is 63.0 Å². The van der Waals surface area contributed by atoms with Crippen LogP contribution in [-0.4, -0.2) is 19.8 Å². The highest BCUT2D eigenvalue weighted by molar-refractivity contribution is 7.99. The van der Waals surface area contributed by atoms with E-state index in [2.05, 4.69) is 15.3 Å². The highest BCUT2D eigenvalue weighted by atomic mass is 35.5. The zero-order valence-electron chi connectivity index (χ0n) is 9.00. The van der Waals surface area contributed by atoms with Gasteiger partial charge >= 0.3 is 5.69 Å². The second-order valence-electron chi connectivity index (χ2n) is 3.53. The molecule has 0 bridgehead atoms. The van der Waals surface area contributed by atoms with Gasteiger partial charge in [0.05, 0.1) is 0 Å². The van der Waals surface area contributed by atoms with E-state index >= 15 is 0 Å². The standard InChI is InChI=1S/C11H7ClN4OS/c12-7-1-3-8(4-2-7)18-10-6-5-9-13-14-11(17)16(9)15-10/h1-6H,(H,14,17). The van der Waals surface area contributed by atoms with Crippen LogP contribution < -0.4 is 5.69 Å². The number of H-pyrrole nitrogens is 1. The van der Waals surface area contributed by atoms with E-state index in [9.17, 15) is 4.79 Å². The fourth-order valence-electron chi connectivity index (χ4n) is 1.46. The minimum Gasteiger partial charge on any atom is -0.244 e. The second-order valence-corrected chi connectivity index (χ2v) is 5.06. The van der Waals surface area contributed by atoms with E-state index < -0.39 is 0 Å². The molecule has 90 valence electrons. The maximum Gasteiger partial charge on any atom is 0.364 e. The summed E-state index contributed by atoms with van der Waals surface area (Å²) in [5.41, 5.74) is 0.156. The zero-order chi connectivity index (χ0) is 12.5. The summed E-state index contributed by atoms with van der Waals surface area (Å²) < 4.78 is 1.23. The molecule has 0 saturated heterocycles. The molecule has 0 fully saturated rings. The number of nitrogens with one attached hydrogen (secondary N) is 1. The third-order valence-electron chi connectivity index (χ3n) is 2.29. The predicted octanol–water partition coefficient (Wildman–Crippen LogP) is 2.22. The van der Waals surface area contributed by atoms with Gasteiger partial charge < -0.3 is 0 Å². The normalized spacial score (nSPS) is 10.9. The smallest absolute Gasteiger partial charge is 0.244 e. The van der Waals surface area contributed by atoms with Gasteiger partial charge in [-0.25, -0.2) is 9.89 Å². The second kappa shape index (κ2) is 4.47. The molecule has 0 radical (unpaired) electrons. The Bertz CT molecular complexity index is 750. The SMILES string of the molecule is O=c1[nH]nc2ccc(Sc3ccc(Cl)cc3)nn12. The van der Waals surface area contributed by atoms with Crippen LogP contribution in [-0.2, 0) is 0 Å². The van der Waals surface area contributed by atoms with Crippen LogP contribution in [0.4, 0.5) is 0 Å². The van der Waals surface area contributed by atoms with Crippen LogP contribution in [0.2, 0.25) is 5.02 Å². The Kier molecular flexibility index (Phi) is 2.81. The number of nitrogens with zero attached hydrogens (tertiary/aromatic N) is 3. The lowest BCUT2D eigenvalue weighted by Crippen LogP contribution is -2.12.